The van der Waals surface area contributed by atoms with E-state index in [1.807, 2.05) is 11.8 Å². The molecule has 0 aliphatic heterocycles. The first-order valence-electron chi connectivity index (χ1n) is 8.80. The highest BCUT2D eigenvalue weighted by atomic mass is 32.2. The Balaban J connectivity index is 2.51. The van der Waals surface area contributed by atoms with E-state index in [0.29, 0.717) is 17.8 Å². The van der Waals surface area contributed by atoms with Crippen LogP contribution in [-0.4, -0.2) is 46.8 Å². The van der Waals surface area contributed by atoms with Crippen LogP contribution in [-0.2, 0) is 0 Å². The Morgan fingerprint density at radius 1 is 1.32 bits per heavy atom. The SMILES string of the molecule is CCNC(=NCC1(O)CCC1SCC)NC(C)CCC(C)C. The summed E-state index contributed by atoms with van der Waals surface area (Å²) in [5.74, 6) is 2.62. The van der Waals surface area contributed by atoms with Gasteiger partial charge in [-0.3, -0.25) is 4.99 Å². The van der Waals surface area contributed by atoms with Crippen LogP contribution in [0.4, 0.5) is 0 Å². The Morgan fingerprint density at radius 3 is 2.55 bits per heavy atom. The van der Waals surface area contributed by atoms with E-state index in [2.05, 4.69) is 50.2 Å². The molecular weight excluding hydrogens is 294 g/mol. The van der Waals surface area contributed by atoms with Gasteiger partial charge in [0, 0.05) is 17.8 Å². The van der Waals surface area contributed by atoms with Gasteiger partial charge in [-0.2, -0.15) is 11.8 Å². The Hall–Kier alpha value is -0.420. The predicted octanol–water partition coefficient (Wildman–Crippen LogP) is 3.01. The van der Waals surface area contributed by atoms with Gasteiger partial charge in [0.25, 0.3) is 0 Å². The number of hydrogen-bond acceptors (Lipinski definition) is 3. The zero-order valence-electron chi connectivity index (χ0n) is 15.0. The molecule has 0 spiro atoms. The highest BCUT2D eigenvalue weighted by Gasteiger charge is 2.45. The van der Waals surface area contributed by atoms with Crippen LogP contribution in [0.5, 0.6) is 0 Å². The van der Waals surface area contributed by atoms with E-state index in [-0.39, 0.29) is 0 Å². The minimum atomic E-state index is -0.607. The summed E-state index contributed by atoms with van der Waals surface area (Å²) in [6, 6.07) is 0.400. The van der Waals surface area contributed by atoms with Crippen LogP contribution in [0.3, 0.4) is 0 Å². The van der Waals surface area contributed by atoms with Crippen LogP contribution in [0.15, 0.2) is 4.99 Å². The zero-order valence-corrected chi connectivity index (χ0v) is 15.8. The van der Waals surface area contributed by atoms with Crippen molar-refractivity contribution in [1.29, 1.82) is 0 Å². The van der Waals surface area contributed by atoms with Crippen LogP contribution in [0.1, 0.15) is 60.3 Å². The van der Waals surface area contributed by atoms with Crippen molar-refractivity contribution >= 4 is 17.7 Å². The molecule has 1 rings (SSSR count). The molecule has 0 amide bonds. The van der Waals surface area contributed by atoms with E-state index in [1.54, 1.807) is 0 Å². The van der Waals surface area contributed by atoms with Crippen LogP contribution in [0.2, 0.25) is 0 Å². The summed E-state index contributed by atoms with van der Waals surface area (Å²) in [6.07, 6.45) is 4.34. The number of rotatable bonds is 9. The molecule has 0 aromatic carbocycles. The first kappa shape index (κ1) is 19.6. The number of thioether (sulfide) groups is 1. The van der Waals surface area contributed by atoms with Gasteiger partial charge in [-0.25, -0.2) is 0 Å². The molecule has 0 saturated heterocycles. The lowest BCUT2D eigenvalue weighted by Gasteiger charge is -2.44. The number of guanidine groups is 1. The highest BCUT2D eigenvalue weighted by molar-refractivity contribution is 8.00. The zero-order chi connectivity index (χ0) is 16.6. The summed E-state index contributed by atoms with van der Waals surface area (Å²) in [7, 11) is 0. The van der Waals surface area contributed by atoms with E-state index in [9.17, 15) is 5.11 Å². The van der Waals surface area contributed by atoms with Crippen LogP contribution >= 0.6 is 11.8 Å². The molecule has 1 fully saturated rings. The summed E-state index contributed by atoms with van der Waals surface area (Å²) >= 11 is 1.86. The first-order valence-corrected chi connectivity index (χ1v) is 9.85. The maximum absolute atomic E-state index is 10.6. The Morgan fingerprint density at radius 2 is 2.05 bits per heavy atom. The molecule has 22 heavy (non-hydrogen) atoms. The number of aliphatic hydroxyl groups is 1. The lowest BCUT2D eigenvalue weighted by molar-refractivity contribution is -0.0154. The van der Waals surface area contributed by atoms with E-state index >= 15 is 0 Å². The molecular formula is C17H35N3OS. The smallest absolute Gasteiger partial charge is 0.191 e. The maximum atomic E-state index is 10.6. The molecule has 0 heterocycles. The van der Waals surface area contributed by atoms with E-state index in [1.165, 1.54) is 6.42 Å². The Kier molecular flexibility index (Phi) is 8.62. The molecule has 0 bridgehead atoms. The summed E-state index contributed by atoms with van der Waals surface area (Å²) in [4.78, 5) is 4.64. The third-order valence-electron chi connectivity index (χ3n) is 4.22. The van der Waals surface area contributed by atoms with Crippen molar-refractivity contribution in [2.75, 3.05) is 18.8 Å². The minimum absolute atomic E-state index is 0.350. The van der Waals surface area contributed by atoms with E-state index in [4.69, 9.17) is 0 Å². The average Bonchev–Trinajstić information content (AvgIpc) is 2.47. The monoisotopic (exact) mass is 329 g/mol. The fourth-order valence-electron chi connectivity index (χ4n) is 2.64. The molecule has 3 atom stereocenters. The van der Waals surface area contributed by atoms with Crippen molar-refractivity contribution in [1.82, 2.24) is 10.6 Å². The summed E-state index contributed by atoms with van der Waals surface area (Å²) in [5, 5.41) is 17.7. The molecule has 0 aromatic rings. The second-order valence-electron chi connectivity index (χ2n) is 6.80. The third kappa shape index (κ3) is 6.37. The Labute approximate surface area is 140 Å². The van der Waals surface area contributed by atoms with Crippen molar-refractivity contribution in [3.8, 4) is 0 Å². The van der Waals surface area contributed by atoms with Crippen LogP contribution in [0, 0.1) is 5.92 Å². The minimum Gasteiger partial charge on any atom is -0.387 e. The van der Waals surface area contributed by atoms with Gasteiger partial charge in [0.15, 0.2) is 5.96 Å². The molecule has 3 unspecified atom stereocenters. The Bertz CT molecular complexity index is 349. The molecule has 130 valence electrons. The molecule has 0 radical (unpaired) electrons. The first-order chi connectivity index (χ1) is 10.4. The standard InChI is InChI=1S/C17H35N3OS/c1-6-18-16(20-14(5)9-8-13(3)4)19-12-17(21)11-10-15(17)22-7-2/h13-15,21H,6-12H2,1-5H3,(H2,18,19,20). The molecule has 1 saturated carbocycles. The van der Waals surface area contributed by atoms with Gasteiger partial charge in [0.1, 0.15) is 0 Å². The van der Waals surface area contributed by atoms with Gasteiger partial charge < -0.3 is 15.7 Å². The third-order valence-corrected chi connectivity index (χ3v) is 5.63. The van der Waals surface area contributed by atoms with Gasteiger partial charge in [0.05, 0.1) is 12.1 Å². The van der Waals surface area contributed by atoms with Crippen molar-refractivity contribution in [2.45, 2.75) is 77.2 Å². The van der Waals surface area contributed by atoms with Gasteiger partial charge in [-0.15, -0.1) is 0 Å². The van der Waals surface area contributed by atoms with Crippen LogP contribution in [0.25, 0.3) is 0 Å². The second-order valence-corrected chi connectivity index (χ2v) is 8.28. The summed E-state index contributed by atoms with van der Waals surface area (Å²) in [6.45, 7) is 12.3. The summed E-state index contributed by atoms with van der Waals surface area (Å²) in [5.41, 5.74) is -0.607. The molecule has 1 aliphatic rings. The lowest BCUT2D eigenvalue weighted by atomic mass is 9.79. The topological polar surface area (TPSA) is 56.7 Å². The number of hydrogen-bond donors (Lipinski definition) is 3. The fraction of sp³-hybridized carbons (Fsp3) is 0.941. The normalized spacial score (nSPS) is 26.7. The average molecular weight is 330 g/mol. The second kappa shape index (κ2) is 9.66. The van der Waals surface area contributed by atoms with Crippen molar-refractivity contribution in [2.24, 2.45) is 10.9 Å². The number of aliphatic imine (C=N–C) groups is 1. The molecule has 4 nitrogen and oxygen atoms in total. The lowest BCUT2D eigenvalue weighted by Crippen LogP contribution is -2.53. The molecule has 5 heteroatoms. The fourth-order valence-corrected chi connectivity index (χ4v) is 3.83. The maximum Gasteiger partial charge on any atom is 0.191 e. The quantitative estimate of drug-likeness (QED) is 0.449. The highest BCUT2D eigenvalue weighted by Crippen LogP contribution is 2.41. The van der Waals surface area contributed by atoms with Gasteiger partial charge in [0.2, 0.25) is 0 Å². The predicted molar refractivity (Wildman–Crippen MR) is 98.8 cm³/mol. The van der Waals surface area contributed by atoms with E-state index < -0.39 is 5.60 Å². The molecule has 3 N–H and O–H groups in total. The van der Waals surface area contributed by atoms with Crippen molar-refractivity contribution in [3.63, 3.8) is 0 Å². The van der Waals surface area contributed by atoms with Gasteiger partial charge in [-0.1, -0.05) is 20.8 Å². The molecule has 0 aromatic heterocycles. The van der Waals surface area contributed by atoms with E-state index in [0.717, 1.165) is 43.4 Å². The molecule has 1 aliphatic carbocycles. The van der Waals surface area contributed by atoms with Gasteiger partial charge >= 0.3 is 0 Å². The number of nitrogens with zero attached hydrogens (tertiary/aromatic N) is 1. The largest absolute Gasteiger partial charge is 0.387 e. The van der Waals surface area contributed by atoms with Crippen molar-refractivity contribution < 1.29 is 5.11 Å². The number of nitrogens with one attached hydrogen (secondary N) is 2. The summed E-state index contributed by atoms with van der Waals surface area (Å²) < 4.78 is 0. The van der Waals surface area contributed by atoms with Crippen molar-refractivity contribution in [3.05, 3.63) is 0 Å². The van der Waals surface area contributed by atoms with Gasteiger partial charge in [-0.05, 0) is 51.2 Å². The van der Waals surface area contributed by atoms with Crippen LogP contribution < -0.4 is 10.6 Å².